The highest BCUT2D eigenvalue weighted by Crippen LogP contribution is 2.23. The lowest BCUT2D eigenvalue weighted by Gasteiger charge is -2.10. The normalized spacial score (nSPS) is 10.6. The number of nitrogens with one attached hydrogen (secondary N) is 2. The Labute approximate surface area is 121 Å². The van der Waals surface area contributed by atoms with Crippen LogP contribution in [0.3, 0.4) is 0 Å². The number of aromatic nitrogens is 4. The Morgan fingerprint density at radius 2 is 1.81 bits per heavy atom. The van der Waals surface area contributed by atoms with Gasteiger partial charge in [-0.15, -0.1) is 0 Å². The zero-order valence-corrected chi connectivity index (χ0v) is 11.8. The van der Waals surface area contributed by atoms with Crippen LogP contribution in [-0.4, -0.2) is 34.2 Å². The fourth-order valence-electron chi connectivity index (χ4n) is 2.05. The zero-order chi connectivity index (χ0) is 14.7. The molecule has 21 heavy (non-hydrogen) atoms. The minimum Gasteiger partial charge on any atom is -0.497 e. The average Bonchev–Trinajstić information content (AvgIpc) is 3.01. The molecular weight excluding hydrogens is 270 g/mol. The number of benzene rings is 1. The third kappa shape index (κ3) is 2.71. The van der Waals surface area contributed by atoms with E-state index in [9.17, 15) is 0 Å². The number of ether oxygens (including phenoxy) is 2. The van der Waals surface area contributed by atoms with Gasteiger partial charge in [-0.3, -0.25) is 0 Å². The Hall–Kier alpha value is -2.83. The number of hydrogen-bond donors (Lipinski definition) is 2. The zero-order valence-electron chi connectivity index (χ0n) is 11.8. The molecule has 0 aliphatic carbocycles. The number of methoxy groups -OCH3 is 2. The van der Waals surface area contributed by atoms with Crippen molar-refractivity contribution in [2.45, 2.75) is 6.54 Å². The smallest absolute Gasteiger partial charge is 0.162 e. The maximum Gasteiger partial charge on any atom is 0.162 e. The first-order valence-electron chi connectivity index (χ1n) is 6.40. The Balaban J connectivity index is 1.83. The minimum absolute atomic E-state index is 0.576. The molecule has 7 heteroatoms. The third-order valence-electron chi connectivity index (χ3n) is 3.09. The van der Waals surface area contributed by atoms with E-state index in [0.29, 0.717) is 23.5 Å². The van der Waals surface area contributed by atoms with Crippen LogP contribution in [0.15, 0.2) is 30.9 Å². The van der Waals surface area contributed by atoms with Crippen LogP contribution in [0.5, 0.6) is 11.5 Å². The fourth-order valence-corrected chi connectivity index (χ4v) is 2.05. The third-order valence-corrected chi connectivity index (χ3v) is 3.09. The second-order valence-corrected chi connectivity index (χ2v) is 4.40. The molecule has 2 aromatic heterocycles. The van der Waals surface area contributed by atoms with Gasteiger partial charge in [0.25, 0.3) is 0 Å². The standard InChI is InChI=1S/C14H15N5O2/c1-20-10-3-9(4-11(5-10)21-2)6-15-13-12-14(17-7-16-12)19-8-18-13/h3-5,7-8H,6H2,1-2H3,(H2,15,16,17,18,19). The van der Waals surface area contributed by atoms with Gasteiger partial charge in [-0.1, -0.05) is 0 Å². The predicted molar refractivity (Wildman–Crippen MR) is 78.6 cm³/mol. The van der Waals surface area contributed by atoms with Crippen molar-refractivity contribution in [2.24, 2.45) is 0 Å². The summed E-state index contributed by atoms with van der Waals surface area (Å²) in [4.78, 5) is 15.5. The first kappa shape index (κ1) is 13.2. The van der Waals surface area contributed by atoms with Gasteiger partial charge in [0.15, 0.2) is 11.5 Å². The lowest BCUT2D eigenvalue weighted by atomic mass is 10.2. The lowest BCUT2D eigenvalue weighted by molar-refractivity contribution is 0.393. The van der Waals surface area contributed by atoms with Gasteiger partial charge in [-0.25, -0.2) is 15.0 Å². The number of aromatic amines is 1. The van der Waals surface area contributed by atoms with Gasteiger partial charge in [0.05, 0.1) is 20.5 Å². The van der Waals surface area contributed by atoms with Crippen molar-refractivity contribution in [1.29, 1.82) is 0 Å². The van der Waals surface area contributed by atoms with Crippen LogP contribution >= 0.6 is 0 Å². The molecule has 0 aliphatic rings. The maximum atomic E-state index is 5.26. The van der Waals surface area contributed by atoms with Crippen LogP contribution < -0.4 is 14.8 Å². The molecule has 0 bridgehead atoms. The quantitative estimate of drug-likeness (QED) is 0.745. The summed E-state index contributed by atoms with van der Waals surface area (Å²) < 4.78 is 10.5. The molecule has 0 fully saturated rings. The SMILES string of the molecule is COc1cc(CNc2ncnc3[nH]cnc23)cc(OC)c1. The molecule has 0 saturated heterocycles. The van der Waals surface area contributed by atoms with Crippen LogP contribution in [0.2, 0.25) is 0 Å². The first-order valence-corrected chi connectivity index (χ1v) is 6.40. The Kier molecular flexibility index (Phi) is 3.55. The largest absolute Gasteiger partial charge is 0.497 e. The molecule has 108 valence electrons. The molecule has 3 rings (SSSR count). The highest BCUT2D eigenvalue weighted by Gasteiger charge is 2.07. The monoisotopic (exact) mass is 285 g/mol. The van der Waals surface area contributed by atoms with Crippen molar-refractivity contribution in [2.75, 3.05) is 19.5 Å². The summed E-state index contributed by atoms with van der Waals surface area (Å²) in [5, 5.41) is 3.25. The van der Waals surface area contributed by atoms with Crippen LogP contribution in [0.4, 0.5) is 5.82 Å². The molecule has 0 radical (unpaired) electrons. The van der Waals surface area contributed by atoms with Crippen LogP contribution in [0.25, 0.3) is 11.2 Å². The summed E-state index contributed by atoms with van der Waals surface area (Å²) in [6.45, 7) is 0.576. The van der Waals surface area contributed by atoms with Crippen molar-refractivity contribution in [1.82, 2.24) is 19.9 Å². The van der Waals surface area contributed by atoms with Crippen molar-refractivity contribution in [3.63, 3.8) is 0 Å². The van der Waals surface area contributed by atoms with Crippen molar-refractivity contribution < 1.29 is 9.47 Å². The highest BCUT2D eigenvalue weighted by atomic mass is 16.5. The number of imidazole rings is 1. The topological polar surface area (TPSA) is 85.0 Å². The van der Waals surface area contributed by atoms with Gasteiger partial charge >= 0.3 is 0 Å². The summed E-state index contributed by atoms with van der Waals surface area (Å²) >= 11 is 0. The molecule has 0 amide bonds. The van der Waals surface area contributed by atoms with E-state index in [1.807, 2.05) is 18.2 Å². The summed E-state index contributed by atoms with van der Waals surface area (Å²) in [5.74, 6) is 2.18. The van der Waals surface area contributed by atoms with Crippen LogP contribution in [0, 0.1) is 0 Å². The molecule has 1 aromatic carbocycles. The highest BCUT2D eigenvalue weighted by molar-refractivity contribution is 5.81. The summed E-state index contributed by atoms with van der Waals surface area (Å²) in [7, 11) is 3.26. The molecule has 0 saturated carbocycles. The molecule has 2 N–H and O–H groups in total. The number of anilines is 1. The number of H-pyrrole nitrogens is 1. The maximum absolute atomic E-state index is 5.26. The molecule has 7 nitrogen and oxygen atoms in total. The van der Waals surface area contributed by atoms with E-state index < -0.39 is 0 Å². The molecule has 0 aliphatic heterocycles. The summed E-state index contributed by atoms with van der Waals surface area (Å²) in [6.07, 6.45) is 3.09. The molecule has 0 atom stereocenters. The van der Waals surface area contributed by atoms with E-state index in [2.05, 4.69) is 25.3 Å². The van der Waals surface area contributed by atoms with E-state index in [-0.39, 0.29) is 0 Å². The van der Waals surface area contributed by atoms with Crippen molar-refractivity contribution in [3.05, 3.63) is 36.4 Å². The van der Waals surface area contributed by atoms with Crippen LogP contribution in [0.1, 0.15) is 5.56 Å². The van der Waals surface area contributed by atoms with E-state index in [0.717, 1.165) is 17.1 Å². The predicted octanol–water partition coefficient (Wildman–Crippen LogP) is 1.98. The molecular formula is C14H15N5O2. The molecule has 3 aromatic rings. The van der Waals surface area contributed by atoms with Crippen molar-refractivity contribution in [3.8, 4) is 11.5 Å². The van der Waals surface area contributed by atoms with Gasteiger partial charge in [0, 0.05) is 12.6 Å². The number of rotatable bonds is 5. The fraction of sp³-hybridized carbons (Fsp3) is 0.214. The lowest BCUT2D eigenvalue weighted by Crippen LogP contribution is -2.03. The average molecular weight is 285 g/mol. The van der Waals surface area contributed by atoms with E-state index in [4.69, 9.17) is 9.47 Å². The Morgan fingerprint density at radius 3 is 2.52 bits per heavy atom. The van der Waals surface area contributed by atoms with E-state index in [1.165, 1.54) is 6.33 Å². The van der Waals surface area contributed by atoms with Gasteiger partial charge in [-0.2, -0.15) is 0 Å². The number of hydrogen-bond acceptors (Lipinski definition) is 6. The number of fused-ring (bicyclic) bond motifs is 1. The van der Waals surface area contributed by atoms with Gasteiger partial charge in [0.1, 0.15) is 23.3 Å². The molecule has 2 heterocycles. The summed E-state index contributed by atoms with van der Waals surface area (Å²) in [5.41, 5.74) is 2.44. The summed E-state index contributed by atoms with van der Waals surface area (Å²) in [6, 6.07) is 5.72. The van der Waals surface area contributed by atoms with Crippen molar-refractivity contribution >= 4 is 17.0 Å². The first-order chi connectivity index (χ1) is 10.3. The second kappa shape index (κ2) is 5.66. The van der Waals surface area contributed by atoms with Crippen LogP contribution in [-0.2, 0) is 6.54 Å². The molecule has 0 unspecified atom stereocenters. The van der Waals surface area contributed by atoms with Gasteiger partial charge < -0.3 is 19.8 Å². The van der Waals surface area contributed by atoms with Gasteiger partial charge in [-0.05, 0) is 17.7 Å². The minimum atomic E-state index is 0.576. The second-order valence-electron chi connectivity index (χ2n) is 4.40. The van der Waals surface area contributed by atoms with E-state index >= 15 is 0 Å². The number of nitrogens with zero attached hydrogens (tertiary/aromatic N) is 3. The van der Waals surface area contributed by atoms with Gasteiger partial charge in [0.2, 0.25) is 0 Å². The Morgan fingerprint density at radius 1 is 1.05 bits per heavy atom. The van der Waals surface area contributed by atoms with E-state index in [1.54, 1.807) is 20.5 Å². The Bertz CT molecular complexity index is 734. The molecule has 0 spiro atoms.